The molecule has 5 heteroatoms. The van der Waals surface area contributed by atoms with E-state index in [0.717, 1.165) is 19.3 Å². The number of carbonyl (C=O) groups is 2. The van der Waals surface area contributed by atoms with Crippen molar-refractivity contribution in [2.45, 2.75) is 39.2 Å². The molecule has 0 unspecified atom stereocenters. The molecule has 0 aromatic heterocycles. The Kier molecular flexibility index (Phi) is 6.02. The van der Waals surface area contributed by atoms with Crippen molar-refractivity contribution < 1.29 is 14.7 Å². The third-order valence-electron chi connectivity index (χ3n) is 4.48. The maximum atomic E-state index is 12.2. The van der Waals surface area contributed by atoms with Crippen molar-refractivity contribution in [3.05, 3.63) is 35.9 Å². The molecule has 1 aliphatic rings. The number of carboxylic acid groups (broad SMARTS) is 1. The number of aliphatic carboxylic acids is 1. The average molecular weight is 318 g/mol. The van der Waals surface area contributed by atoms with Gasteiger partial charge in [0.25, 0.3) is 0 Å². The molecule has 5 nitrogen and oxygen atoms in total. The molecule has 0 aliphatic carbocycles. The molecule has 2 amide bonds. The Morgan fingerprint density at radius 3 is 2.35 bits per heavy atom. The Morgan fingerprint density at radius 1 is 1.22 bits per heavy atom. The number of urea groups is 1. The summed E-state index contributed by atoms with van der Waals surface area (Å²) in [5.74, 6) is -0.527. The highest BCUT2D eigenvalue weighted by Gasteiger charge is 2.28. The lowest BCUT2D eigenvalue weighted by Crippen LogP contribution is -2.52. The number of rotatable bonds is 5. The fourth-order valence-electron chi connectivity index (χ4n) is 3.03. The first kappa shape index (κ1) is 17.3. The van der Waals surface area contributed by atoms with Gasteiger partial charge in [0.2, 0.25) is 0 Å². The molecule has 1 aromatic rings. The summed E-state index contributed by atoms with van der Waals surface area (Å²) in [5, 5.41) is 11.8. The zero-order valence-electron chi connectivity index (χ0n) is 13.9. The Bertz CT molecular complexity index is 522. The standard InChI is InChI=1S/C18H26N2O3/c1-13(2)16(17(21)22)19-18(23)20-10-8-15(9-11-20)12-14-6-4-3-5-7-14/h3-7,13,15-16H,8-12H2,1-2H3,(H,19,23)(H,21,22)/t16-/m1/s1. The second kappa shape index (κ2) is 7.99. The summed E-state index contributed by atoms with van der Waals surface area (Å²) in [6.45, 7) is 4.97. The number of benzene rings is 1. The van der Waals surface area contributed by atoms with Crippen molar-refractivity contribution in [1.82, 2.24) is 10.2 Å². The van der Waals surface area contributed by atoms with Gasteiger partial charge >= 0.3 is 12.0 Å². The van der Waals surface area contributed by atoms with Gasteiger partial charge in [0.15, 0.2) is 0 Å². The number of nitrogens with zero attached hydrogens (tertiary/aromatic N) is 1. The second-order valence-corrected chi connectivity index (χ2v) is 6.63. The number of likely N-dealkylation sites (tertiary alicyclic amines) is 1. The first-order chi connectivity index (χ1) is 11.0. The predicted molar refractivity (Wildman–Crippen MR) is 89.2 cm³/mol. The first-order valence-corrected chi connectivity index (χ1v) is 8.29. The Morgan fingerprint density at radius 2 is 1.83 bits per heavy atom. The van der Waals surface area contributed by atoms with Gasteiger partial charge in [0, 0.05) is 13.1 Å². The van der Waals surface area contributed by atoms with Gasteiger partial charge in [-0.1, -0.05) is 44.2 Å². The first-order valence-electron chi connectivity index (χ1n) is 8.29. The molecular weight excluding hydrogens is 292 g/mol. The van der Waals surface area contributed by atoms with E-state index in [1.165, 1.54) is 5.56 Å². The van der Waals surface area contributed by atoms with Crippen LogP contribution in [-0.2, 0) is 11.2 Å². The molecule has 0 saturated carbocycles. The van der Waals surface area contributed by atoms with Crippen LogP contribution in [0.2, 0.25) is 0 Å². The van der Waals surface area contributed by atoms with Gasteiger partial charge < -0.3 is 15.3 Å². The van der Waals surface area contributed by atoms with Crippen molar-refractivity contribution in [1.29, 1.82) is 0 Å². The molecule has 2 N–H and O–H groups in total. The van der Waals surface area contributed by atoms with Crippen LogP contribution in [0.4, 0.5) is 4.79 Å². The normalized spacial score (nSPS) is 17.1. The number of hydrogen-bond acceptors (Lipinski definition) is 2. The minimum Gasteiger partial charge on any atom is -0.480 e. The maximum absolute atomic E-state index is 12.2. The van der Waals surface area contributed by atoms with E-state index < -0.39 is 12.0 Å². The lowest BCUT2D eigenvalue weighted by Gasteiger charge is -2.33. The number of nitrogens with one attached hydrogen (secondary N) is 1. The van der Waals surface area contributed by atoms with Gasteiger partial charge in [-0.2, -0.15) is 0 Å². The monoisotopic (exact) mass is 318 g/mol. The van der Waals surface area contributed by atoms with Crippen LogP contribution in [0.3, 0.4) is 0 Å². The van der Waals surface area contributed by atoms with Gasteiger partial charge in [-0.05, 0) is 36.7 Å². The molecule has 0 spiro atoms. The number of carbonyl (C=O) groups excluding carboxylic acids is 1. The molecule has 0 radical (unpaired) electrons. The lowest BCUT2D eigenvalue weighted by molar-refractivity contribution is -0.140. The molecule has 126 valence electrons. The fraction of sp³-hybridized carbons (Fsp3) is 0.556. The molecule has 1 fully saturated rings. The largest absolute Gasteiger partial charge is 0.480 e. The van der Waals surface area contributed by atoms with Crippen LogP contribution in [0, 0.1) is 11.8 Å². The maximum Gasteiger partial charge on any atom is 0.326 e. The van der Waals surface area contributed by atoms with Crippen LogP contribution in [0.1, 0.15) is 32.3 Å². The van der Waals surface area contributed by atoms with Crippen LogP contribution in [0.5, 0.6) is 0 Å². The molecule has 1 aromatic carbocycles. The minimum atomic E-state index is -0.979. The van der Waals surface area contributed by atoms with Gasteiger partial charge in [-0.15, -0.1) is 0 Å². The van der Waals surface area contributed by atoms with Gasteiger partial charge in [0.05, 0.1) is 0 Å². The highest BCUT2D eigenvalue weighted by Crippen LogP contribution is 2.21. The summed E-state index contributed by atoms with van der Waals surface area (Å²) in [4.78, 5) is 25.2. The summed E-state index contributed by atoms with van der Waals surface area (Å²) >= 11 is 0. The predicted octanol–water partition coefficient (Wildman–Crippen LogP) is 2.76. The zero-order chi connectivity index (χ0) is 16.8. The fourth-order valence-corrected chi connectivity index (χ4v) is 3.03. The van der Waals surface area contributed by atoms with Crippen LogP contribution in [-0.4, -0.2) is 41.1 Å². The smallest absolute Gasteiger partial charge is 0.326 e. The van der Waals surface area contributed by atoms with E-state index in [4.69, 9.17) is 5.11 Å². The molecule has 0 bridgehead atoms. The van der Waals surface area contributed by atoms with Crippen molar-refractivity contribution in [2.24, 2.45) is 11.8 Å². The van der Waals surface area contributed by atoms with E-state index in [1.807, 2.05) is 6.07 Å². The van der Waals surface area contributed by atoms with Gasteiger partial charge in [0.1, 0.15) is 6.04 Å². The van der Waals surface area contributed by atoms with Crippen molar-refractivity contribution in [3.8, 4) is 0 Å². The minimum absolute atomic E-state index is 0.132. The Balaban J connectivity index is 1.81. The molecule has 1 saturated heterocycles. The summed E-state index contributed by atoms with van der Waals surface area (Å²) < 4.78 is 0. The van der Waals surface area contributed by atoms with Crippen LogP contribution in [0.15, 0.2) is 30.3 Å². The van der Waals surface area contributed by atoms with E-state index >= 15 is 0 Å². The van der Waals surface area contributed by atoms with Crippen molar-refractivity contribution in [3.63, 3.8) is 0 Å². The van der Waals surface area contributed by atoms with Crippen LogP contribution < -0.4 is 5.32 Å². The third-order valence-corrected chi connectivity index (χ3v) is 4.48. The van der Waals surface area contributed by atoms with Gasteiger partial charge in [-0.25, -0.2) is 9.59 Å². The van der Waals surface area contributed by atoms with Crippen molar-refractivity contribution >= 4 is 12.0 Å². The van der Waals surface area contributed by atoms with E-state index in [1.54, 1.807) is 18.7 Å². The Hall–Kier alpha value is -2.04. The van der Waals surface area contributed by atoms with Crippen molar-refractivity contribution in [2.75, 3.05) is 13.1 Å². The van der Waals surface area contributed by atoms with Gasteiger partial charge in [-0.3, -0.25) is 0 Å². The lowest BCUT2D eigenvalue weighted by atomic mass is 9.90. The number of piperidine rings is 1. The molecule has 1 aliphatic heterocycles. The topological polar surface area (TPSA) is 69.6 Å². The second-order valence-electron chi connectivity index (χ2n) is 6.63. The highest BCUT2D eigenvalue weighted by molar-refractivity contribution is 5.82. The summed E-state index contributed by atoms with van der Waals surface area (Å²) in [7, 11) is 0. The number of hydrogen-bond donors (Lipinski definition) is 2. The van der Waals surface area contributed by atoms with E-state index in [-0.39, 0.29) is 11.9 Å². The van der Waals surface area contributed by atoms with Crippen LogP contribution >= 0.6 is 0 Å². The molecule has 2 rings (SSSR count). The summed E-state index contributed by atoms with van der Waals surface area (Å²) in [5.41, 5.74) is 1.33. The summed E-state index contributed by atoms with van der Waals surface area (Å²) in [6, 6.07) is 9.31. The van der Waals surface area contributed by atoms with E-state index in [2.05, 4.69) is 29.6 Å². The average Bonchev–Trinajstić information content (AvgIpc) is 2.53. The number of carboxylic acids is 1. The zero-order valence-corrected chi connectivity index (χ0v) is 13.9. The third kappa shape index (κ3) is 4.98. The number of amides is 2. The quantitative estimate of drug-likeness (QED) is 0.877. The molecule has 1 atom stereocenters. The molecule has 23 heavy (non-hydrogen) atoms. The molecular formula is C18H26N2O3. The SMILES string of the molecule is CC(C)[C@@H](NC(=O)N1CCC(Cc2ccccc2)CC1)C(=O)O. The van der Waals surface area contributed by atoms with E-state index in [9.17, 15) is 9.59 Å². The summed E-state index contributed by atoms with van der Waals surface area (Å²) in [6.07, 6.45) is 2.96. The van der Waals surface area contributed by atoms with Crippen LogP contribution in [0.25, 0.3) is 0 Å². The van der Waals surface area contributed by atoms with E-state index in [0.29, 0.717) is 19.0 Å². The highest BCUT2D eigenvalue weighted by atomic mass is 16.4. The Labute approximate surface area is 137 Å². The molecule has 1 heterocycles.